The van der Waals surface area contributed by atoms with Crippen molar-refractivity contribution in [2.45, 2.75) is 51.7 Å². The van der Waals surface area contributed by atoms with Crippen molar-refractivity contribution in [3.63, 3.8) is 0 Å². The van der Waals surface area contributed by atoms with Crippen LogP contribution in [0.3, 0.4) is 0 Å². The molecule has 19 heavy (non-hydrogen) atoms. The molecule has 1 atom stereocenters. The smallest absolute Gasteiger partial charge is 0.0580 e. The number of rotatable bonds is 7. The van der Waals surface area contributed by atoms with Crippen molar-refractivity contribution in [1.82, 2.24) is 5.32 Å². The van der Waals surface area contributed by atoms with Crippen LogP contribution < -0.4 is 5.32 Å². The number of nitrogens with one attached hydrogen (secondary N) is 1. The van der Waals surface area contributed by atoms with Gasteiger partial charge in [0.15, 0.2) is 0 Å². The molecule has 106 valence electrons. The minimum atomic E-state index is 0.534. The Labute approximate surface area is 117 Å². The van der Waals surface area contributed by atoms with Crippen molar-refractivity contribution >= 4 is 0 Å². The van der Waals surface area contributed by atoms with E-state index < -0.39 is 0 Å². The quantitative estimate of drug-likeness (QED) is 0.813. The van der Waals surface area contributed by atoms with Crippen molar-refractivity contribution in [2.24, 2.45) is 5.92 Å². The summed E-state index contributed by atoms with van der Waals surface area (Å²) in [6, 6.07) is 9.51. The second-order valence-corrected chi connectivity index (χ2v) is 5.83. The van der Waals surface area contributed by atoms with Crippen LogP contribution in [0.4, 0.5) is 0 Å². The minimum absolute atomic E-state index is 0.534. The van der Waals surface area contributed by atoms with E-state index in [9.17, 15) is 0 Å². The van der Waals surface area contributed by atoms with Crippen LogP contribution in [0.1, 0.15) is 37.3 Å². The van der Waals surface area contributed by atoms with Crippen LogP contribution in [0.2, 0.25) is 0 Å². The SMILES string of the molecule is CCOC1CC(CC(Cc2ccc(C)cc2)NC)C1. The van der Waals surface area contributed by atoms with Gasteiger partial charge in [0, 0.05) is 12.6 Å². The van der Waals surface area contributed by atoms with E-state index in [0.29, 0.717) is 12.1 Å². The Bertz CT molecular complexity index is 367. The zero-order chi connectivity index (χ0) is 13.7. The first kappa shape index (κ1) is 14.5. The summed E-state index contributed by atoms with van der Waals surface area (Å²) in [7, 11) is 2.08. The third-order valence-corrected chi connectivity index (χ3v) is 4.22. The molecule has 0 aromatic heterocycles. The van der Waals surface area contributed by atoms with Gasteiger partial charge in [0.05, 0.1) is 6.10 Å². The standard InChI is InChI=1S/C17H27NO/c1-4-19-17-11-15(12-17)10-16(18-3)9-14-7-5-13(2)6-8-14/h5-8,15-18H,4,9-12H2,1-3H3. The first-order valence-corrected chi connectivity index (χ1v) is 7.55. The number of ether oxygens (including phenoxy) is 1. The van der Waals surface area contributed by atoms with Gasteiger partial charge in [-0.15, -0.1) is 0 Å². The average Bonchev–Trinajstić information content (AvgIpc) is 2.37. The molecule has 1 N–H and O–H groups in total. The van der Waals surface area contributed by atoms with E-state index in [-0.39, 0.29) is 0 Å². The van der Waals surface area contributed by atoms with Gasteiger partial charge < -0.3 is 10.1 Å². The fraction of sp³-hybridized carbons (Fsp3) is 0.647. The minimum Gasteiger partial charge on any atom is -0.378 e. The summed E-state index contributed by atoms with van der Waals surface area (Å²) in [6.45, 7) is 5.08. The predicted octanol–water partition coefficient (Wildman–Crippen LogP) is 3.33. The Morgan fingerprint density at radius 1 is 1.26 bits per heavy atom. The molecule has 0 amide bonds. The van der Waals surface area contributed by atoms with E-state index in [1.165, 1.54) is 30.4 Å². The zero-order valence-corrected chi connectivity index (χ0v) is 12.5. The number of likely N-dealkylation sites (N-methyl/N-ethyl adjacent to an activating group) is 1. The summed E-state index contributed by atoms with van der Waals surface area (Å²) >= 11 is 0. The van der Waals surface area contributed by atoms with Gasteiger partial charge in [-0.25, -0.2) is 0 Å². The van der Waals surface area contributed by atoms with Crippen molar-refractivity contribution < 1.29 is 4.74 Å². The lowest BCUT2D eigenvalue weighted by Gasteiger charge is -2.37. The van der Waals surface area contributed by atoms with E-state index in [4.69, 9.17) is 4.74 Å². The largest absolute Gasteiger partial charge is 0.378 e. The number of benzene rings is 1. The molecule has 2 nitrogen and oxygen atoms in total. The second kappa shape index (κ2) is 7.06. The third-order valence-electron chi connectivity index (χ3n) is 4.22. The van der Waals surface area contributed by atoms with Crippen LogP contribution in [0.5, 0.6) is 0 Å². The highest BCUT2D eigenvalue weighted by Crippen LogP contribution is 2.34. The highest BCUT2D eigenvalue weighted by Gasteiger charge is 2.30. The van der Waals surface area contributed by atoms with Crippen LogP contribution >= 0.6 is 0 Å². The van der Waals surface area contributed by atoms with E-state index in [1.807, 2.05) is 0 Å². The molecular weight excluding hydrogens is 234 g/mol. The molecule has 2 heteroatoms. The molecule has 0 radical (unpaired) electrons. The van der Waals surface area contributed by atoms with Gasteiger partial charge in [-0.1, -0.05) is 29.8 Å². The molecule has 0 spiro atoms. The van der Waals surface area contributed by atoms with Gasteiger partial charge in [-0.05, 0) is 58.1 Å². The molecule has 2 rings (SSSR count). The molecule has 0 saturated heterocycles. The van der Waals surface area contributed by atoms with Crippen LogP contribution in [0.15, 0.2) is 24.3 Å². The highest BCUT2D eigenvalue weighted by molar-refractivity contribution is 5.22. The van der Waals surface area contributed by atoms with Gasteiger partial charge in [0.1, 0.15) is 0 Å². The Kier molecular flexibility index (Phi) is 5.41. The fourth-order valence-corrected chi connectivity index (χ4v) is 2.95. The predicted molar refractivity (Wildman–Crippen MR) is 80.5 cm³/mol. The van der Waals surface area contributed by atoms with E-state index in [1.54, 1.807) is 0 Å². The molecule has 1 aromatic carbocycles. The number of hydrogen-bond acceptors (Lipinski definition) is 2. The molecule has 1 aromatic rings. The van der Waals surface area contributed by atoms with Gasteiger partial charge in [0.2, 0.25) is 0 Å². The van der Waals surface area contributed by atoms with Crippen LogP contribution in [-0.2, 0) is 11.2 Å². The maximum atomic E-state index is 5.63. The van der Waals surface area contributed by atoms with Crippen molar-refractivity contribution in [3.8, 4) is 0 Å². The summed E-state index contributed by atoms with van der Waals surface area (Å²) in [5, 5.41) is 3.47. The first-order chi connectivity index (χ1) is 9.21. The summed E-state index contributed by atoms with van der Waals surface area (Å²) in [5.41, 5.74) is 2.77. The Morgan fingerprint density at radius 3 is 2.53 bits per heavy atom. The lowest BCUT2D eigenvalue weighted by atomic mass is 9.77. The Balaban J connectivity index is 1.76. The zero-order valence-electron chi connectivity index (χ0n) is 12.5. The van der Waals surface area contributed by atoms with Crippen LogP contribution in [-0.4, -0.2) is 25.8 Å². The molecule has 0 bridgehead atoms. The van der Waals surface area contributed by atoms with Gasteiger partial charge in [-0.2, -0.15) is 0 Å². The average molecular weight is 261 g/mol. The Morgan fingerprint density at radius 2 is 1.95 bits per heavy atom. The third kappa shape index (κ3) is 4.32. The number of hydrogen-bond donors (Lipinski definition) is 1. The fourth-order valence-electron chi connectivity index (χ4n) is 2.95. The molecule has 0 aliphatic heterocycles. The molecule has 1 saturated carbocycles. The summed E-state index contributed by atoms with van der Waals surface area (Å²) in [6.07, 6.45) is 5.44. The molecular formula is C17H27NO. The van der Waals surface area contributed by atoms with Gasteiger partial charge >= 0.3 is 0 Å². The molecule has 1 aliphatic carbocycles. The van der Waals surface area contributed by atoms with Crippen LogP contribution in [0.25, 0.3) is 0 Å². The van der Waals surface area contributed by atoms with Crippen molar-refractivity contribution in [3.05, 3.63) is 35.4 Å². The lowest BCUT2D eigenvalue weighted by Crippen LogP contribution is -2.38. The van der Waals surface area contributed by atoms with E-state index in [0.717, 1.165) is 18.9 Å². The normalized spacial score (nSPS) is 23.9. The van der Waals surface area contributed by atoms with Gasteiger partial charge in [-0.3, -0.25) is 0 Å². The van der Waals surface area contributed by atoms with Crippen LogP contribution in [0, 0.1) is 12.8 Å². The summed E-state index contributed by atoms with van der Waals surface area (Å²) in [5.74, 6) is 0.847. The van der Waals surface area contributed by atoms with E-state index >= 15 is 0 Å². The first-order valence-electron chi connectivity index (χ1n) is 7.55. The second-order valence-electron chi connectivity index (χ2n) is 5.83. The molecule has 1 aliphatic rings. The monoisotopic (exact) mass is 261 g/mol. The maximum Gasteiger partial charge on any atom is 0.0580 e. The summed E-state index contributed by atoms with van der Waals surface area (Å²) in [4.78, 5) is 0. The summed E-state index contributed by atoms with van der Waals surface area (Å²) < 4.78 is 5.63. The number of aryl methyl sites for hydroxylation is 1. The lowest BCUT2D eigenvalue weighted by molar-refractivity contribution is -0.0288. The Hall–Kier alpha value is -0.860. The van der Waals surface area contributed by atoms with Crippen molar-refractivity contribution in [1.29, 1.82) is 0 Å². The van der Waals surface area contributed by atoms with E-state index in [2.05, 4.69) is 50.5 Å². The maximum absolute atomic E-state index is 5.63. The molecule has 0 heterocycles. The van der Waals surface area contributed by atoms with Gasteiger partial charge in [0.25, 0.3) is 0 Å². The topological polar surface area (TPSA) is 21.3 Å². The molecule has 1 unspecified atom stereocenters. The molecule has 1 fully saturated rings. The highest BCUT2D eigenvalue weighted by atomic mass is 16.5. The van der Waals surface area contributed by atoms with Crippen molar-refractivity contribution in [2.75, 3.05) is 13.7 Å².